The van der Waals surface area contributed by atoms with Crippen molar-refractivity contribution in [2.75, 3.05) is 19.6 Å². The smallest absolute Gasteiger partial charge is 0.0351 e. The molecule has 2 atom stereocenters. The van der Waals surface area contributed by atoms with Gasteiger partial charge in [-0.3, -0.25) is 4.90 Å². The largest absolute Gasteiger partial charge is 0.314 e. The fourth-order valence-electron chi connectivity index (χ4n) is 4.67. The Bertz CT molecular complexity index is 667. The van der Waals surface area contributed by atoms with Crippen LogP contribution in [0.25, 0.3) is 0 Å². The van der Waals surface area contributed by atoms with Gasteiger partial charge in [-0.15, -0.1) is 0 Å². The van der Waals surface area contributed by atoms with Crippen LogP contribution >= 0.6 is 0 Å². The summed E-state index contributed by atoms with van der Waals surface area (Å²) >= 11 is 0. The molecule has 0 radical (unpaired) electrons. The lowest BCUT2D eigenvalue weighted by molar-refractivity contribution is -0.111. The molecule has 2 heterocycles. The molecule has 2 fully saturated rings. The number of likely N-dealkylation sites (tertiary alicyclic amines) is 1. The Labute approximate surface area is 170 Å². The SMILES string of the molecule is CCN1[C@@H](C)CC[C@H]1c1ccccc1.ON1CCC(Cc2ccccc2)CC1. The molecule has 2 saturated heterocycles. The Kier molecular flexibility index (Phi) is 8.08. The van der Waals surface area contributed by atoms with Crippen molar-refractivity contribution in [2.45, 2.75) is 58.0 Å². The summed E-state index contributed by atoms with van der Waals surface area (Å²) in [5.74, 6) is 0.751. The minimum absolute atomic E-state index is 0.663. The van der Waals surface area contributed by atoms with Crippen LogP contribution in [0, 0.1) is 5.92 Å². The molecule has 0 aromatic heterocycles. The van der Waals surface area contributed by atoms with Crippen LogP contribution in [0.2, 0.25) is 0 Å². The molecule has 0 saturated carbocycles. The van der Waals surface area contributed by atoms with Crippen LogP contribution in [0.5, 0.6) is 0 Å². The topological polar surface area (TPSA) is 26.7 Å². The molecule has 0 bridgehead atoms. The number of hydrogen-bond acceptors (Lipinski definition) is 3. The lowest BCUT2D eigenvalue weighted by atomic mass is 9.91. The lowest BCUT2D eigenvalue weighted by Crippen LogP contribution is -2.31. The standard InChI is InChI=1S/C13H19N.C12H17NO/c1-3-14-11(2)9-10-13(14)12-7-5-4-6-8-12;14-13-8-6-12(7-9-13)10-11-4-2-1-3-5-11/h4-8,11,13H,3,9-10H2,1-2H3;1-5,12,14H,6-10H2/t11-,13-;/m0./s1. The Morgan fingerprint density at radius 3 is 2.07 bits per heavy atom. The third-order valence-corrected chi connectivity index (χ3v) is 6.33. The molecule has 0 amide bonds. The first kappa shape index (κ1) is 21.0. The van der Waals surface area contributed by atoms with Gasteiger partial charge in [0.05, 0.1) is 0 Å². The Balaban J connectivity index is 0.000000161. The van der Waals surface area contributed by atoms with Crippen LogP contribution in [-0.4, -0.2) is 40.8 Å². The summed E-state index contributed by atoms with van der Waals surface area (Å²) in [6.45, 7) is 7.43. The molecule has 0 spiro atoms. The monoisotopic (exact) mass is 380 g/mol. The number of hydroxylamine groups is 2. The van der Waals surface area contributed by atoms with E-state index in [9.17, 15) is 5.21 Å². The minimum Gasteiger partial charge on any atom is -0.314 e. The first-order chi connectivity index (χ1) is 13.7. The van der Waals surface area contributed by atoms with Crippen molar-refractivity contribution in [3.8, 4) is 0 Å². The van der Waals surface area contributed by atoms with Crippen LogP contribution in [0.1, 0.15) is 56.7 Å². The molecule has 3 nitrogen and oxygen atoms in total. The first-order valence-electron chi connectivity index (χ1n) is 11.0. The van der Waals surface area contributed by atoms with E-state index < -0.39 is 0 Å². The maximum absolute atomic E-state index is 9.23. The van der Waals surface area contributed by atoms with Gasteiger partial charge in [-0.1, -0.05) is 67.6 Å². The fourth-order valence-corrected chi connectivity index (χ4v) is 4.67. The summed E-state index contributed by atoms with van der Waals surface area (Å²) in [7, 11) is 0. The molecule has 4 rings (SSSR count). The van der Waals surface area contributed by atoms with Crippen molar-refractivity contribution in [1.82, 2.24) is 9.96 Å². The second kappa shape index (κ2) is 10.8. The minimum atomic E-state index is 0.663. The van der Waals surface area contributed by atoms with Gasteiger partial charge in [0, 0.05) is 25.2 Å². The Morgan fingerprint density at radius 1 is 0.857 bits per heavy atom. The van der Waals surface area contributed by atoms with Crippen molar-refractivity contribution in [1.29, 1.82) is 0 Å². The van der Waals surface area contributed by atoms with Gasteiger partial charge in [0.25, 0.3) is 0 Å². The highest BCUT2D eigenvalue weighted by Gasteiger charge is 2.29. The number of nitrogens with zero attached hydrogens (tertiary/aromatic N) is 2. The van der Waals surface area contributed by atoms with Crippen molar-refractivity contribution in [3.63, 3.8) is 0 Å². The fraction of sp³-hybridized carbons (Fsp3) is 0.520. The second-order valence-electron chi connectivity index (χ2n) is 8.27. The zero-order valence-corrected chi connectivity index (χ0v) is 17.5. The first-order valence-corrected chi connectivity index (χ1v) is 11.0. The highest BCUT2D eigenvalue weighted by atomic mass is 16.5. The van der Waals surface area contributed by atoms with E-state index >= 15 is 0 Å². The molecule has 152 valence electrons. The number of benzene rings is 2. The van der Waals surface area contributed by atoms with Gasteiger partial charge < -0.3 is 5.21 Å². The van der Waals surface area contributed by atoms with Crippen LogP contribution in [0.4, 0.5) is 0 Å². The molecule has 1 N–H and O–H groups in total. The van der Waals surface area contributed by atoms with Crippen molar-refractivity contribution < 1.29 is 5.21 Å². The van der Waals surface area contributed by atoms with Gasteiger partial charge in [-0.2, -0.15) is 5.06 Å². The molecule has 2 aliphatic heterocycles. The highest BCUT2D eigenvalue weighted by molar-refractivity contribution is 5.20. The molecular weight excluding hydrogens is 344 g/mol. The van der Waals surface area contributed by atoms with Gasteiger partial charge in [-0.25, -0.2) is 0 Å². The predicted molar refractivity (Wildman–Crippen MR) is 116 cm³/mol. The maximum atomic E-state index is 9.23. The molecule has 2 aliphatic rings. The molecule has 28 heavy (non-hydrogen) atoms. The Hall–Kier alpha value is -1.68. The molecule has 2 aromatic carbocycles. The second-order valence-corrected chi connectivity index (χ2v) is 8.27. The van der Waals surface area contributed by atoms with Gasteiger partial charge in [-0.05, 0) is 62.6 Å². The van der Waals surface area contributed by atoms with Crippen molar-refractivity contribution in [3.05, 3.63) is 71.8 Å². The van der Waals surface area contributed by atoms with E-state index in [0.717, 1.165) is 44.3 Å². The maximum Gasteiger partial charge on any atom is 0.0351 e. The lowest BCUT2D eigenvalue weighted by Gasteiger charge is -2.27. The van der Waals surface area contributed by atoms with Crippen molar-refractivity contribution in [2.24, 2.45) is 5.92 Å². The summed E-state index contributed by atoms with van der Waals surface area (Å²) in [6.07, 6.45) is 6.05. The van der Waals surface area contributed by atoms with E-state index in [1.807, 2.05) is 0 Å². The predicted octanol–water partition coefficient (Wildman–Crippen LogP) is 5.56. The summed E-state index contributed by atoms with van der Waals surface area (Å²) < 4.78 is 0. The number of rotatable bonds is 4. The summed E-state index contributed by atoms with van der Waals surface area (Å²) in [5, 5.41) is 10.7. The average Bonchev–Trinajstić information content (AvgIpc) is 3.12. The highest BCUT2D eigenvalue weighted by Crippen LogP contribution is 2.35. The van der Waals surface area contributed by atoms with Crippen LogP contribution in [0.15, 0.2) is 60.7 Å². The third-order valence-electron chi connectivity index (χ3n) is 6.33. The van der Waals surface area contributed by atoms with Gasteiger partial charge >= 0.3 is 0 Å². The zero-order chi connectivity index (χ0) is 19.8. The molecule has 0 unspecified atom stereocenters. The van der Waals surface area contributed by atoms with Gasteiger partial charge in [0.15, 0.2) is 0 Å². The van der Waals surface area contributed by atoms with Gasteiger partial charge in [0.2, 0.25) is 0 Å². The van der Waals surface area contributed by atoms with E-state index in [1.54, 1.807) is 0 Å². The molecule has 2 aromatic rings. The zero-order valence-electron chi connectivity index (χ0n) is 17.5. The van der Waals surface area contributed by atoms with E-state index in [-0.39, 0.29) is 0 Å². The average molecular weight is 381 g/mol. The van der Waals surface area contributed by atoms with Crippen LogP contribution in [-0.2, 0) is 6.42 Å². The molecule has 3 heteroatoms. The number of piperidine rings is 1. The van der Waals surface area contributed by atoms with Crippen LogP contribution < -0.4 is 0 Å². The van der Waals surface area contributed by atoms with Crippen molar-refractivity contribution >= 4 is 0 Å². The van der Waals surface area contributed by atoms with Gasteiger partial charge in [0.1, 0.15) is 0 Å². The Morgan fingerprint density at radius 2 is 1.46 bits per heavy atom. The molecule has 0 aliphatic carbocycles. The normalized spacial score (nSPS) is 24.0. The third kappa shape index (κ3) is 5.91. The summed E-state index contributed by atoms with van der Waals surface area (Å²) in [6, 6.07) is 22.9. The van der Waals surface area contributed by atoms with E-state index in [1.165, 1.54) is 35.6 Å². The van der Waals surface area contributed by atoms with Crippen LogP contribution in [0.3, 0.4) is 0 Å². The molecular formula is C25H36N2O. The van der Waals surface area contributed by atoms with E-state index in [4.69, 9.17) is 0 Å². The van der Waals surface area contributed by atoms with E-state index in [2.05, 4.69) is 79.4 Å². The summed E-state index contributed by atoms with van der Waals surface area (Å²) in [5.41, 5.74) is 2.91. The van der Waals surface area contributed by atoms with E-state index in [0.29, 0.717) is 6.04 Å². The number of hydrogen-bond donors (Lipinski definition) is 1. The quantitative estimate of drug-likeness (QED) is 0.752. The summed E-state index contributed by atoms with van der Waals surface area (Å²) in [4.78, 5) is 2.61.